The predicted molar refractivity (Wildman–Crippen MR) is 81.8 cm³/mol. The van der Waals surface area contributed by atoms with Gasteiger partial charge in [0.05, 0.1) is 17.9 Å². The average Bonchev–Trinajstić information content (AvgIpc) is 2.80. The largest absolute Gasteiger partial charge is 0.497 e. The third kappa shape index (κ3) is 3.53. The molecule has 3 nitrogen and oxygen atoms in total. The van der Waals surface area contributed by atoms with Crippen molar-refractivity contribution < 1.29 is 4.74 Å². The molecule has 0 saturated heterocycles. The number of thiazole rings is 1. The highest BCUT2D eigenvalue weighted by atomic mass is 35.5. The lowest BCUT2D eigenvalue weighted by Crippen LogP contribution is -2.15. The Labute approximate surface area is 126 Å². The van der Waals surface area contributed by atoms with Gasteiger partial charge in [0.25, 0.3) is 0 Å². The Balaban J connectivity index is 2.13. The van der Waals surface area contributed by atoms with Crippen LogP contribution in [0.2, 0.25) is 5.15 Å². The van der Waals surface area contributed by atoms with Gasteiger partial charge >= 0.3 is 0 Å². The standard InChI is InChI=1S/C13H14Cl2N2OS/c1-17(13-16-12(15)11(7-14)19-13)8-9-4-3-5-10(6-9)18-2/h3-6H,7-8H2,1-2H3. The van der Waals surface area contributed by atoms with Gasteiger partial charge in [0, 0.05) is 13.6 Å². The van der Waals surface area contributed by atoms with Gasteiger partial charge in [-0.3, -0.25) is 0 Å². The summed E-state index contributed by atoms with van der Waals surface area (Å²) in [6.07, 6.45) is 0. The van der Waals surface area contributed by atoms with Crippen LogP contribution in [0.4, 0.5) is 5.13 Å². The summed E-state index contributed by atoms with van der Waals surface area (Å²) in [5.74, 6) is 1.24. The van der Waals surface area contributed by atoms with Crippen molar-refractivity contribution in [2.24, 2.45) is 0 Å². The molecule has 0 N–H and O–H groups in total. The zero-order valence-electron chi connectivity index (χ0n) is 10.7. The number of alkyl halides is 1. The number of halogens is 2. The second-order valence-electron chi connectivity index (χ2n) is 4.05. The highest BCUT2D eigenvalue weighted by molar-refractivity contribution is 7.16. The predicted octanol–water partition coefficient (Wildman–Crippen LogP) is 4.18. The molecule has 0 fully saturated rings. The Bertz CT molecular complexity index is 559. The molecule has 0 radical (unpaired) electrons. The third-order valence-electron chi connectivity index (χ3n) is 2.64. The van der Waals surface area contributed by atoms with Crippen molar-refractivity contribution in [1.29, 1.82) is 0 Å². The zero-order chi connectivity index (χ0) is 13.8. The minimum Gasteiger partial charge on any atom is -0.497 e. The Kier molecular flexibility index (Phi) is 4.91. The van der Waals surface area contributed by atoms with Crippen molar-refractivity contribution in [3.05, 3.63) is 39.9 Å². The number of hydrogen-bond acceptors (Lipinski definition) is 4. The molecule has 0 aliphatic carbocycles. The molecule has 0 aliphatic heterocycles. The van der Waals surface area contributed by atoms with Crippen LogP contribution < -0.4 is 9.64 Å². The van der Waals surface area contributed by atoms with Gasteiger partial charge < -0.3 is 9.64 Å². The van der Waals surface area contributed by atoms with E-state index in [9.17, 15) is 0 Å². The van der Waals surface area contributed by atoms with Crippen molar-refractivity contribution in [3.63, 3.8) is 0 Å². The molecule has 0 spiro atoms. The molecule has 1 aromatic heterocycles. The Morgan fingerprint density at radius 2 is 2.21 bits per heavy atom. The fourth-order valence-corrected chi connectivity index (χ4v) is 3.11. The number of methoxy groups -OCH3 is 1. The lowest BCUT2D eigenvalue weighted by molar-refractivity contribution is 0.414. The van der Waals surface area contributed by atoms with E-state index in [4.69, 9.17) is 27.9 Å². The second kappa shape index (κ2) is 6.46. The molecule has 6 heteroatoms. The first-order chi connectivity index (χ1) is 9.13. The maximum absolute atomic E-state index is 6.01. The monoisotopic (exact) mass is 316 g/mol. The molecular formula is C13H14Cl2N2OS. The molecule has 1 aromatic carbocycles. The summed E-state index contributed by atoms with van der Waals surface area (Å²) in [4.78, 5) is 7.26. The molecule has 0 bridgehead atoms. The van der Waals surface area contributed by atoms with Crippen LogP contribution in [-0.2, 0) is 12.4 Å². The molecule has 1 heterocycles. The van der Waals surface area contributed by atoms with Gasteiger partial charge in [-0.25, -0.2) is 4.98 Å². The van der Waals surface area contributed by atoms with Crippen molar-refractivity contribution >= 4 is 39.7 Å². The Hall–Kier alpha value is -0.970. The SMILES string of the molecule is COc1cccc(CN(C)c2nc(Cl)c(CCl)s2)c1. The van der Waals surface area contributed by atoms with Gasteiger partial charge in [-0.2, -0.15) is 0 Å². The first-order valence-electron chi connectivity index (χ1n) is 5.69. The van der Waals surface area contributed by atoms with Crippen LogP contribution in [0.25, 0.3) is 0 Å². The van der Waals surface area contributed by atoms with E-state index in [1.807, 2.05) is 30.1 Å². The van der Waals surface area contributed by atoms with Gasteiger partial charge in [-0.05, 0) is 17.7 Å². The molecular weight excluding hydrogens is 303 g/mol. The molecule has 2 aromatic rings. The first-order valence-corrected chi connectivity index (χ1v) is 7.42. The molecule has 102 valence electrons. The van der Waals surface area contributed by atoms with Crippen LogP contribution in [0.5, 0.6) is 5.75 Å². The van der Waals surface area contributed by atoms with E-state index < -0.39 is 0 Å². The maximum Gasteiger partial charge on any atom is 0.187 e. The maximum atomic E-state index is 6.01. The minimum absolute atomic E-state index is 0.392. The van der Waals surface area contributed by atoms with E-state index in [-0.39, 0.29) is 0 Å². The van der Waals surface area contributed by atoms with Gasteiger partial charge in [-0.1, -0.05) is 35.1 Å². The summed E-state index contributed by atoms with van der Waals surface area (Å²) in [6, 6.07) is 7.96. The Morgan fingerprint density at radius 3 is 2.84 bits per heavy atom. The van der Waals surface area contributed by atoms with Crippen LogP contribution in [0.15, 0.2) is 24.3 Å². The van der Waals surface area contributed by atoms with Crippen LogP contribution in [0, 0.1) is 0 Å². The quantitative estimate of drug-likeness (QED) is 0.774. The van der Waals surface area contributed by atoms with Crippen molar-refractivity contribution in [3.8, 4) is 5.75 Å². The lowest BCUT2D eigenvalue weighted by Gasteiger charge is -2.16. The number of anilines is 1. The Morgan fingerprint density at radius 1 is 1.42 bits per heavy atom. The summed E-state index contributed by atoms with van der Waals surface area (Å²) >= 11 is 13.3. The summed E-state index contributed by atoms with van der Waals surface area (Å²) in [6.45, 7) is 0.739. The number of benzene rings is 1. The van der Waals surface area contributed by atoms with Gasteiger partial charge in [0.15, 0.2) is 5.13 Å². The van der Waals surface area contributed by atoms with Crippen molar-refractivity contribution in [2.45, 2.75) is 12.4 Å². The zero-order valence-corrected chi connectivity index (χ0v) is 13.0. The van der Waals surface area contributed by atoms with Crippen molar-refractivity contribution in [2.75, 3.05) is 19.1 Å². The van der Waals surface area contributed by atoms with E-state index in [2.05, 4.69) is 11.1 Å². The average molecular weight is 317 g/mol. The fourth-order valence-electron chi connectivity index (χ4n) is 1.68. The van der Waals surface area contributed by atoms with E-state index in [1.54, 1.807) is 7.11 Å². The van der Waals surface area contributed by atoms with Crippen LogP contribution in [0.1, 0.15) is 10.4 Å². The van der Waals surface area contributed by atoms with Crippen molar-refractivity contribution in [1.82, 2.24) is 4.98 Å². The van der Waals surface area contributed by atoms with E-state index in [1.165, 1.54) is 11.3 Å². The summed E-state index contributed by atoms with van der Waals surface area (Å²) < 4.78 is 5.21. The van der Waals surface area contributed by atoms with E-state index in [0.29, 0.717) is 11.0 Å². The van der Waals surface area contributed by atoms with Crippen LogP contribution in [-0.4, -0.2) is 19.1 Å². The summed E-state index contributed by atoms with van der Waals surface area (Å²) in [5.41, 5.74) is 1.15. The van der Waals surface area contributed by atoms with E-state index in [0.717, 1.165) is 27.9 Å². The first kappa shape index (κ1) is 14.4. The van der Waals surface area contributed by atoms with Crippen LogP contribution >= 0.6 is 34.5 Å². The third-order valence-corrected chi connectivity index (χ3v) is 4.66. The topological polar surface area (TPSA) is 25.4 Å². The molecule has 0 amide bonds. The molecule has 0 atom stereocenters. The number of aromatic nitrogens is 1. The smallest absolute Gasteiger partial charge is 0.187 e. The van der Waals surface area contributed by atoms with Crippen LogP contribution in [0.3, 0.4) is 0 Å². The lowest BCUT2D eigenvalue weighted by atomic mass is 10.2. The number of ether oxygens (including phenoxy) is 1. The summed E-state index contributed by atoms with van der Waals surface area (Å²) in [5, 5.41) is 1.36. The second-order valence-corrected chi connectivity index (χ2v) is 5.74. The number of rotatable bonds is 5. The molecule has 2 rings (SSSR count). The van der Waals surface area contributed by atoms with E-state index >= 15 is 0 Å². The molecule has 0 aliphatic rings. The molecule has 19 heavy (non-hydrogen) atoms. The normalized spacial score (nSPS) is 10.5. The molecule has 0 unspecified atom stereocenters. The number of nitrogens with zero attached hydrogens (tertiary/aromatic N) is 2. The highest BCUT2D eigenvalue weighted by Gasteiger charge is 2.12. The summed E-state index contributed by atoms with van der Waals surface area (Å²) in [7, 11) is 3.64. The van der Waals surface area contributed by atoms with Gasteiger partial charge in [0.2, 0.25) is 0 Å². The fraction of sp³-hybridized carbons (Fsp3) is 0.308. The van der Waals surface area contributed by atoms with Gasteiger partial charge in [0.1, 0.15) is 10.9 Å². The number of hydrogen-bond donors (Lipinski definition) is 0. The van der Waals surface area contributed by atoms with Gasteiger partial charge in [-0.15, -0.1) is 11.6 Å². The molecule has 0 saturated carbocycles. The highest BCUT2D eigenvalue weighted by Crippen LogP contribution is 2.31. The minimum atomic E-state index is 0.392.